The summed E-state index contributed by atoms with van der Waals surface area (Å²) in [4.78, 5) is 21.4. The van der Waals surface area contributed by atoms with Crippen molar-refractivity contribution in [3.8, 4) is 0 Å². The SMILES string of the molecule is CC(C)[C@H]1COC(c2cccc(C(=O)c3ccccc3)n2)=N1. The van der Waals surface area contributed by atoms with Crippen molar-refractivity contribution in [1.82, 2.24) is 4.98 Å². The van der Waals surface area contributed by atoms with Gasteiger partial charge in [-0.25, -0.2) is 9.98 Å². The maximum atomic E-state index is 12.4. The Morgan fingerprint density at radius 3 is 2.59 bits per heavy atom. The van der Waals surface area contributed by atoms with E-state index in [-0.39, 0.29) is 11.8 Å². The third-order valence-corrected chi connectivity index (χ3v) is 3.68. The van der Waals surface area contributed by atoms with Crippen LogP contribution < -0.4 is 0 Å². The fourth-order valence-corrected chi connectivity index (χ4v) is 2.29. The molecule has 1 atom stereocenters. The minimum absolute atomic E-state index is 0.0959. The van der Waals surface area contributed by atoms with Crippen LogP contribution in [0.5, 0.6) is 0 Å². The molecule has 1 aromatic heterocycles. The molecular formula is C18H18N2O2. The van der Waals surface area contributed by atoms with Gasteiger partial charge < -0.3 is 4.74 Å². The molecule has 1 aromatic carbocycles. The number of carbonyl (C=O) groups excluding carboxylic acids is 1. The van der Waals surface area contributed by atoms with Crippen LogP contribution in [0.25, 0.3) is 0 Å². The van der Waals surface area contributed by atoms with Gasteiger partial charge in [-0.05, 0) is 18.1 Å². The molecule has 0 unspecified atom stereocenters. The second-order valence-corrected chi connectivity index (χ2v) is 5.66. The van der Waals surface area contributed by atoms with Crippen LogP contribution in [-0.4, -0.2) is 29.3 Å². The molecule has 3 rings (SSSR count). The van der Waals surface area contributed by atoms with Crippen molar-refractivity contribution >= 4 is 11.7 Å². The average Bonchev–Trinajstić information content (AvgIpc) is 3.05. The summed E-state index contributed by atoms with van der Waals surface area (Å²) < 4.78 is 5.63. The van der Waals surface area contributed by atoms with E-state index < -0.39 is 0 Å². The van der Waals surface area contributed by atoms with Crippen molar-refractivity contribution in [3.05, 3.63) is 65.5 Å². The molecule has 0 fully saturated rings. The number of ketones is 1. The molecular weight excluding hydrogens is 276 g/mol. The van der Waals surface area contributed by atoms with Crippen LogP contribution in [0.3, 0.4) is 0 Å². The van der Waals surface area contributed by atoms with E-state index in [1.165, 1.54) is 0 Å². The lowest BCUT2D eigenvalue weighted by Gasteiger charge is -2.06. The first-order chi connectivity index (χ1) is 10.6. The monoisotopic (exact) mass is 294 g/mol. The van der Waals surface area contributed by atoms with E-state index in [0.717, 1.165) is 0 Å². The first-order valence-corrected chi connectivity index (χ1v) is 7.43. The molecule has 0 radical (unpaired) electrons. The van der Waals surface area contributed by atoms with E-state index in [1.54, 1.807) is 18.2 Å². The smallest absolute Gasteiger partial charge is 0.235 e. The minimum Gasteiger partial charge on any atom is -0.474 e. The first-order valence-electron chi connectivity index (χ1n) is 7.43. The van der Waals surface area contributed by atoms with Crippen molar-refractivity contribution in [2.45, 2.75) is 19.9 Å². The van der Waals surface area contributed by atoms with Crippen LogP contribution in [0.4, 0.5) is 0 Å². The molecule has 0 saturated carbocycles. The van der Waals surface area contributed by atoms with Crippen molar-refractivity contribution in [2.24, 2.45) is 10.9 Å². The lowest BCUT2D eigenvalue weighted by Crippen LogP contribution is -2.13. The number of ether oxygens (including phenoxy) is 1. The van der Waals surface area contributed by atoms with Crippen LogP contribution in [0.1, 0.15) is 35.6 Å². The standard InChI is InChI=1S/C18H18N2O2/c1-12(2)16-11-22-18(20-16)15-10-6-9-14(19-15)17(21)13-7-4-3-5-8-13/h3-10,12,16H,11H2,1-2H3/t16-/m1/s1. The highest BCUT2D eigenvalue weighted by Gasteiger charge is 2.24. The van der Waals surface area contributed by atoms with Gasteiger partial charge in [0.05, 0.1) is 6.04 Å². The molecule has 0 aliphatic carbocycles. The van der Waals surface area contributed by atoms with Gasteiger partial charge in [-0.2, -0.15) is 0 Å². The van der Waals surface area contributed by atoms with Crippen molar-refractivity contribution in [1.29, 1.82) is 0 Å². The molecule has 0 amide bonds. The molecule has 22 heavy (non-hydrogen) atoms. The molecule has 0 saturated heterocycles. The Bertz CT molecular complexity index is 708. The number of benzene rings is 1. The van der Waals surface area contributed by atoms with Gasteiger partial charge in [0, 0.05) is 5.56 Å². The second-order valence-electron chi connectivity index (χ2n) is 5.66. The average molecular weight is 294 g/mol. The summed E-state index contributed by atoms with van der Waals surface area (Å²) in [6.07, 6.45) is 0. The summed E-state index contributed by atoms with van der Waals surface area (Å²) in [5.74, 6) is 0.856. The molecule has 0 N–H and O–H groups in total. The summed E-state index contributed by atoms with van der Waals surface area (Å²) in [6, 6.07) is 14.6. The maximum absolute atomic E-state index is 12.4. The number of carbonyl (C=O) groups is 1. The summed E-state index contributed by atoms with van der Waals surface area (Å²) in [5, 5.41) is 0. The van der Waals surface area contributed by atoms with Crippen LogP contribution >= 0.6 is 0 Å². The predicted molar refractivity (Wildman–Crippen MR) is 85.2 cm³/mol. The Labute approximate surface area is 129 Å². The normalized spacial score (nSPS) is 17.2. The fraction of sp³-hybridized carbons (Fsp3) is 0.278. The first kappa shape index (κ1) is 14.4. The van der Waals surface area contributed by atoms with E-state index in [4.69, 9.17) is 4.74 Å². The Hall–Kier alpha value is -2.49. The third kappa shape index (κ3) is 2.91. The van der Waals surface area contributed by atoms with Crippen LogP contribution in [0.15, 0.2) is 53.5 Å². The second kappa shape index (κ2) is 6.10. The van der Waals surface area contributed by atoms with Gasteiger partial charge in [-0.3, -0.25) is 4.79 Å². The molecule has 4 nitrogen and oxygen atoms in total. The highest BCUT2D eigenvalue weighted by Crippen LogP contribution is 2.17. The highest BCUT2D eigenvalue weighted by atomic mass is 16.5. The largest absolute Gasteiger partial charge is 0.474 e. The molecule has 2 heterocycles. The van der Waals surface area contributed by atoms with Crippen molar-refractivity contribution in [3.63, 3.8) is 0 Å². The Morgan fingerprint density at radius 1 is 1.14 bits per heavy atom. The molecule has 1 aliphatic heterocycles. The summed E-state index contributed by atoms with van der Waals surface area (Å²) in [6.45, 7) is 4.80. The lowest BCUT2D eigenvalue weighted by atomic mass is 10.1. The molecule has 4 heteroatoms. The van der Waals surface area contributed by atoms with Gasteiger partial charge in [-0.15, -0.1) is 0 Å². The van der Waals surface area contributed by atoms with E-state index in [1.807, 2.05) is 30.3 Å². The molecule has 2 aromatic rings. The molecule has 112 valence electrons. The summed E-state index contributed by atoms with van der Waals surface area (Å²) >= 11 is 0. The van der Waals surface area contributed by atoms with Crippen molar-refractivity contribution < 1.29 is 9.53 Å². The van der Waals surface area contributed by atoms with Gasteiger partial charge in [0.25, 0.3) is 0 Å². The molecule has 0 bridgehead atoms. The third-order valence-electron chi connectivity index (χ3n) is 3.68. The summed E-state index contributed by atoms with van der Waals surface area (Å²) in [7, 11) is 0. The topological polar surface area (TPSA) is 51.5 Å². The zero-order valence-corrected chi connectivity index (χ0v) is 12.7. The lowest BCUT2D eigenvalue weighted by molar-refractivity contribution is 0.103. The Kier molecular flexibility index (Phi) is 4.00. The van der Waals surface area contributed by atoms with Gasteiger partial charge in [0.15, 0.2) is 0 Å². The van der Waals surface area contributed by atoms with Gasteiger partial charge >= 0.3 is 0 Å². The number of hydrogen-bond acceptors (Lipinski definition) is 4. The van der Waals surface area contributed by atoms with Gasteiger partial charge in [0.1, 0.15) is 18.0 Å². The number of aromatic nitrogens is 1. The van der Waals surface area contributed by atoms with Crippen LogP contribution in [-0.2, 0) is 4.74 Å². The number of hydrogen-bond donors (Lipinski definition) is 0. The van der Waals surface area contributed by atoms with Gasteiger partial charge in [-0.1, -0.05) is 50.2 Å². The Morgan fingerprint density at radius 2 is 1.91 bits per heavy atom. The predicted octanol–water partition coefficient (Wildman–Crippen LogP) is 3.11. The van der Waals surface area contributed by atoms with Gasteiger partial charge in [0.2, 0.25) is 11.7 Å². The van der Waals surface area contributed by atoms with E-state index in [9.17, 15) is 4.79 Å². The molecule has 0 spiro atoms. The minimum atomic E-state index is -0.0959. The quantitative estimate of drug-likeness (QED) is 0.814. The fourth-order valence-electron chi connectivity index (χ4n) is 2.29. The van der Waals surface area contributed by atoms with Crippen molar-refractivity contribution in [2.75, 3.05) is 6.61 Å². The highest BCUT2D eigenvalue weighted by molar-refractivity contribution is 6.08. The Balaban J connectivity index is 1.88. The summed E-state index contributed by atoms with van der Waals surface area (Å²) in [5.41, 5.74) is 1.65. The number of rotatable bonds is 4. The van der Waals surface area contributed by atoms with E-state index >= 15 is 0 Å². The number of aliphatic imine (C=N–C) groups is 1. The van der Waals surface area contributed by atoms with E-state index in [0.29, 0.717) is 35.4 Å². The zero-order valence-electron chi connectivity index (χ0n) is 12.7. The van der Waals surface area contributed by atoms with Crippen LogP contribution in [0.2, 0.25) is 0 Å². The maximum Gasteiger partial charge on any atom is 0.235 e. The number of pyridine rings is 1. The van der Waals surface area contributed by atoms with E-state index in [2.05, 4.69) is 23.8 Å². The van der Waals surface area contributed by atoms with Crippen LogP contribution in [0, 0.1) is 5.92 Å². The number of nitrogens with zero attached hydrogens (tertiary/aromatic N) is 2. The zero-order chi connectivity index (χ0) is 15.5. The molecule has 1 aliphatic rings.